The molecule has 0 bridgehead atoms. The molecule has 0 spiro atoms. The van der Waals surface area contributed by atoms with Gasteiger partial charge in [0.25, 0.3) is 0 Å². The number of fused-ring (bicyclic) bond motifs is 2. The van der Waals surface area contributed by atoms with E-state index in [1.54, 1.807) is 21.1 Å². The van der Waals surface area contributed by atoms with Crippen LogP contribution in [0.3, 0.4) is 0 Å². The Morgan fingerprint density at radius 1 is 1.12 bits per heavy atom. The minimum absolute atomic E-state index is 0.00640. The van der Waals surface area contributed by atoms with Crippen molar-refractivity contribution >= 4 is 22.6 Å². The topological polar surface area (TPSA) is 56.5 Å². The number of aryl methyl sites for hydroxylation is 2. The lowest BCUT2D eigenvalue weighted by Crippen LogP contribution is -2.45. The zero-order chi connectivity index (χ0) is 18.3. The number of hydrogen-bond donors (Lipinski definition) is 0. The Bertz CT molecular complexity index is 1030. The van der Waals surface area contributed by atoms with E-state index in [2.05, 4.69) is 0 Å². The van der Waals surface area contributed by atoms with Gasteiger partial charge in [0.1, 0.15) is 12.4 Å². The summed E-state index contributed by atoms with van der Waals surface area (Å²) in [5.74, 6) is 0.717. The van der Waals surface area contributed by atoms with Gasteiger partial charge in [-0.25, -0.2) is 4.79 Å². The van der Waals surface area contributed by atoms with Crippen LogP contribution in [0.4, 0.5) is 5.69 Å². The highest BCUT2D eigenvalue weighted by molar-refractivity contribution is 5.96. The third kappa shape index (κ3) is 2.58. The van der Waals surface area contributed by atoms with Crippen LogP contribution in [0.1, 0.15) is 13.3 Å². The molecule has 0 radical (unpaired) electrons. The average Bonchev–Trinajstić information content (AvgIpc) is 2.90. The van der Waals surface area contributed by atoms with E-state index in [-0.39, 0.29) is 24.1 Å². The first kappa shape index (κ1) is 16.4. The van der Waals surface area contributed by atoms with Crippen molar-refractivity contribution in [2.45, 2.75) is 25.9 Å². The smallest absolute Gasteiger partial charge is 0.328 e. The summed E-state index contributed by atoms with van der Waals surface area (Å²) in [7, 11) is 1.75. The number of carbonyl (C=O) groups is 1. The number of hydrogen-bond acceptors (Lipinski definition) is 3. The van der Waals surface area contributed by atoms with Crippen LogP contribution < -0.4 is 15.3 Å². The molecule has 4 rings (SSSR count). The molecular weight excluding hydrogens is 330 g/mol. The van der Waals surface area contributed by atoms with Gasteiger partial charge in [0.2, 0.25) is 5.91 Å². The fourth-order valence-corrected chi connectivity index (χ4v) is 3.59. The molecule has 1 atom stereocenters. The number of rotatable bonds is 3. The molecule has 0 fully saturated rings. The highest BCUT2D eigenvalue weighted by atomic mass is 16.5. The maximum atomic E-state index is 12.9. The molecule has 1 amide bonds. The first-order valence-corrected chi connectivity index (χ1v) is 8.76. The fourth-order valence-electron chi connectivity index (χ4n) is 3.59. The highest BCUT2D eigenvalue weighted by Gasteiger charge is 2.29. The van der Waals surface area contributed by atoms with Crippen molar-refractivity contribution in [2.24, 2.45) is 7.05 Å². The number of aromatic nitrogens is 2. The molecule has 134 valence electrons. The Labute approximate surface area is 151 Å². The van der Waals surface area contributed by atoms with Crippen LogP contribution in [0.25, 0.3) is 11.0 Å². The zero-order valence-electron chi connectivity index (χ0n) is 14.9. The van der Waals surface area contributed by atoms with E-state index in [0.717, 1.165) is 22.5 Å². The zero-order valence-corrected chi connectivity index (χ0v) is 14.9. The Morgan fingerprint density at radius 2 is 1.81 bits per heavy atom. The van der Waals surface area contributed by atoms with Gasteiger partial charge in [-0.2, -0.15) is 0 Å². The monoisotopic (exact) mass is 351 g/mol. The van der Waals surface area contributed by atoms with Gasteiger partial charge < -0.3 is 9.64 Å². The Balaban J connectivity index is 1.61. The molecule has 6 heteroatoms. The van der Waals surface area contributed by atoms with Gasteiger partial charge >= 0.3 is 5.69 Å². The van der Waals surface area contributed by atoms with E-state index in [0.29, 0.717) is 13.2 Å². The maximum absolute atomic E-state index is 12.9. The molecule has 1 aliphatic heterocycles. The lowest BCUT2D eigenvalue weighted by molar-refractivity contribution is -0.119. The second-order valence-electron chi connectivity index (χ2n) is 6.62. The predicted molar refractivity (Wildman–Crippen MR) is 101 cm³/mol. The van der Waals surface area contributed by atoms with Gasteiger partial charge in [0, 0.05) is 20.0 Å². The Hall–Kier alpha value is -3.02. The van der Waals surface area contributed by atoms with Crippen molar-refractivity contribution in [2.75, 3.05) is 11.5 Å². The number of amides is 1. The normalized spacial score (nSPS) is 16.4. The summed E-state index contributed by atoms with van der Waals surface area (Å²) in [6.45, 7) is 2.79. The van der Waals surface area contributed by atoms with Gasteiger partial charge in [0.15, 0.2) is 0 Å². The summed E-state index contributed by atoms with van der Waals surface area (Å²) in [6.07, 6.45) is 0.257. The lowest BCUT2D eigenvalue weighted by Gasteiger charge is -2.35. The number of para-hydroxylation sites is 4. The van der Waals surface area contributed by atoms with E-state index in [1.807, 2.05) is 55.5 Å². The van der Waals surface area contributed by atoms with E-state index in [4.69, 9.17) is 4.74 Å². The molecule has 2 heterocycles. The van der Waals surface area contributed by atoms with Gasteiger partial charge in [-0.05, 0) is 31.2 Å². The second-order valence-corrected chi connectivity index (χ2v) is 6.62. The third-order valence-electron chi connectivity index (χ3n) is 4.92. The molecular formula is C20H21N3O3. The molecule has 2 aromatic carbocycles. The lowest BCUT2D eigenvalue weighted by atomic mass is 10.1. The summed E-state index contributed by atoms with van der Waals surface area (Å²) in [6, 6.07) is 15.2. The van der Waals surface area contributed by atoms with Crippen LogP contribution in [0.15, 0.2) is 53.3 Å². The van der Waals surface area contributed by atoms with Crippen LogP contribution in [-0.4, -0.2) is 27.7 Å². The van der Waals surface area contributed by atoms with Crippen LogP contribution >= 0.6 is 0 Å². The molecule has 0 N–H and O–H groups in total. The molecule has 0 saturated heterocycles. The maximum Gasteiger partial charge on any atom is 0.328 e. The number of imidazole rings is 1. The standard InChI is InChI=1S/C20H21N3O3/c1-14-13-26-18-10-6-5-9-17(18)23(14)19(24)11-12-22-16-8-4-3-7-15(16)21(2)20(22)25/h3-10,14H,11-13H2,1-2H3. The van der Waals surface area contributed by atoms with Gasteiger partial charge in [-0.15, -0.1) is 0 Å². The van der Waals surface area contributed by atoms with Crippen LogP contribution in [0.5, 0.6) is 5.75 Å². The average molecular weight is 351 g/mol. The first-order chi connectivity index (χ1) is 12.6. The summed E-state index contributed by atoms with van der Waals surface area (Å²) in [5.41, 5.74) is 2.41. The fraction of sp³-hybridized carbons (Fsp3) is 0.300. The molecule has 6 nitrogen and oxygen atoms in total. The van der Waals surface area contributed by atoms with E-state index in [1.165, 1.54) is 0 Å². The number of anilines is 1. The molecule has 0 saturated carbocycles. The SMILES string of the molecule is CC1COc2ccccc2N1C(=O)CCn1c(=O)n(C)c2ccccc21. The Morgan fingerprint density at radius 3 is 2.62 bits per heavy atom. The largest absolute Gasteiger partial charge is 0.489 e. The minimum Gasteiger partial charge on any atom is -0.489 e. The van der Waals surface area contributed by atoms with Crippen molar-refractivity contribution in [1.29, 1.82) is 0 Å². The molecule has 3 aromatic rings. The summed E-state index contributed by atoms with van der Waals surface area (Å²) in [5, 5.41) is 0. The van der Waals surface area contributed by atoms with Crippen molar-refractivity contribution in [3.8, 4) is 5.75 Å². The quantitative estimate of drug-likeness (QED) is 0.729. The van der Waals surface area contributed by atoms with Gasteiger partial charge in [-0.1, -0.05) is 24.3 Å². The minimum atomic E-state index is -0.102. The Kier molecular flexibility index (Phi) is 4.03. The van der Waals surface area contributed by atoms with Crippen LogP contribution in [-0.2, 0) is 18.4 Å². The van der Waals surface area contributed by atoms with Crippen molar-refractivity contribution in [3.63, 3.8) is 0 Å². The number of benzene rings is 2. The molecule has 1 aliphatic rings. The molecule has 26 heavy (non-hydrogen) atoms. The highest BCUT2D eigenvalue weighted by Crippen LogP contribution is 2.33. The number of nitrogens with zero attached hydrogens (tertiary/aromatic N) is 3. The summed E-state index contributed by atoms with van der Waals surface area (Å²) in [4.78, 5) is 27.3. The number of ether oxygens (including phenoxy) is 1. The van der Waals surface area contributed by atoms with E-state index < -0.39 is 0 Å². The molecule has 1 aromatic heterocycles. The van der Waals surface area contributed by atoms with Crippen molar-refractivity contribution in [3.05, 3.63) is 59.0 Å². The van der Waals surface area contributed by atoms with Crippen LogP contribution in [0.2, 0.25) is 0 Å². The van der Waals surface area contributed by atoms with Gasteiger partial charge in [-0.3, -0.25) is 13.9 Å². The second kappa shape index (κ2) is 6.37. The summed E-state index contributed by atoms with van der Waals surface area (Å²) >= 11 is 0. The molecule has 0 aliphatic carbocycles. The van der Waals surface area contributed by atoms with Crippen molar-refractivity contribution in [1.82, 2.24) is 9.13 Å². The molecule has 1 unspecified atom stereocenters. The third-order valence-corrected chi connectivity index (χ3v) is 4.92. The van der Waals surface area contributed by atoms with Crippen molar-refractivity contribution < 1.29 is 9.53 Å². The first-order valence-electron chi connectivity index (χ1n) is 8.76. The van der Waals surface area contributed by atoms with E-state index in [9.17, 15) is 9.59 Å². The summed E-state index contributed by atoms with van der Waals surface area (Å²) < 4.78 is 8.99. The van der Waals surface area contributed by atoms with Gasteiger partial charge in [0.05, 0.1) is 22.8 Å². The van der Waals surface area contributed by atoms with Crippen LogP contribution in [0, 0.1) is 0 Å². The number of carbonyl (C=O) groups excluding carboxylic acids is 1. The predicted octanol–water partition coefficient (Wildman–Crippen LogP) is 2.54. The van der Waals surface area contributed by atoms with E-state index >= 15 is 0 Å².